The molecule has 0 aliphatic rings. The minimum atomic E-state index is -0.725. The lowest BCUT2D eigenvalue weighted by atomic mass is 10.1. The van der Waals surface area contributed by atoms with Gasteiger partial charge in [0, 0.05) is 6.42 Å². The summed E-state index contributed by atoms with van der Waals surface area (Å²) >= 11 is 5.99. The monoisotopic (exact) mass is 310 g/mol. The van der Waals surface area contributed by atoms with Gasteiger partial charge in [-0.15, -0.1) is 17.5 Å². The second-order valence-corrected chi connectivity index (χ2v) is 6.03. The van der Waals surface area contributed by atoms with Crippen molar-refractivity contribution in [1.29, 1.82) is 0 Å². The Morgan fingerprint density at radius 1 is 0.857 bits per heavy atom. The largest absolute Gasteiger partial charge is 0.379 e. The molecular weight excluding hydrogens is 280 g/mol. The van der Waals surface area contributed by atoms with Crippen molar-refractivity contribution in [3.63, 3.8) is 0 Å². The summed E-state index contributed by atoms with van der Waals surface area (Å²) in [6.07, 6.45) is 11.8. The van der Waals surface area contributed by atoms with E-state index in [4.69, 9.17) is 11.6 Å². The van der Waals surface area contributed by atoms with Crippen LogP contribution in [0.3, 0.4) is 0 Å². The highest BCUT2D eigenvalue weighted by molar-refractivity contribution is 6.21. The number of unbranched alkanes of at least 4 members (excludes halogenated alkanes) is 7. The van der Waals surface area contributed by atoms with Gasteiger partial charge in [-0.3, -0.25) is 0 Å². The van der Waals surface area contributed by atoms with Crippen LogP contribution >= 0.6 is 11.6 Å². The molecule has 0 bridgehead atoms. The topological polar surface area (TPSA) is 20.2 Å². The van der Waals surface area contributed by atoms with E-state index in [1.807, 2.05) is 6.92 Å². The highest BCUT2D eigenvalue weighted by atomic mass is 35.5. The number of alkyl halides is 1. The molecule has 2 atom stereocenters. The summed E-state index contributed by atoms with van der Waals surface area (Å²) in [6, 6.07) is 0. The molecule has 0 aliphatic carbocycles. The van der Waals surface area contributed by atoms with Gasteiger partial charge in [-0.1, -0.05) is 76.6 Å². The van der Waals surface area contributed by atoms with Gasteiger partial charge in [0.25, 0.3) is 0 Å². The van der Waals surface area contributed by atoms with Crippen molar-refractivity contribution in [3.05, 3.63) is 0 Å². The molecule has 1 N–H and O–H groups in total. The highest BCUT2D eigenvalue weighted by Gasteiger charge is 2.11. The van der Waals surface area contributed by atoms with Crippen LogP contribution in [0.15, 0.2) is 0 Å². The molecule has 120 valence electrons. The van der Waals surface area contributed by atoms with Gasteiger partial charge in [0.1, 0.15) is 6.10 Å². The van der Waals surface area contributed by atoms with Crippen LogP contribution in [0.1, 0.15) is 84.5 Å². The van der Waals surface area contributed by atoms with Crippen LogP contribution in [0.5, 0.6) is 0 Å². The van der Waals surface area contributed by atoms with Crippen LogP contribution in [0.4, 0.5) is 0 Å². The van der Waals surface area contributed by atoms with Gasteiger partial charge in [-0.2, -0.15) is 0 Å². The fraction of sp³-hybridized carbons (Fsp3) is 0.789. The van der Waals surface area contributed by atoms with Crippen LogP contribution in [-0.2, 0) is 0 Å². The Morgan fingerprint density at radius 2 is 1.52 bits per heavy atom. The molecule has 0 saturated carbocycles. The van der Waals surface area contributed by atoms with E-state index in [2.05, 4.69) is 30.6 Å². The van der Waals surface area contributed by atoms with Gasteiger partial charge in [-0.25, -0.2) is 0 Å². The SMILES string of the molecule is CCCCCCCCCC#CCC#C[C@H](O)[C@H](Cl)CCC. The lowest BCUT2D eigenvalue weighted by Crippen LogP contribution is -2.18. The van der Waals surface area contributed by atoms with Crippen LogP contribution in [-0.4, -0.2) is 16.6 Å². The maximum Gasteiger partial charge on any atom is 0.131 e. The van der Waals surface area contributed by atoms with E-state index >= 15 is 0 Å². The molecule has 0 radical (unpaired) electrons. The van der Waals surface area contributed by atoms with Crippen molar-refractivity contribution < 1.29 is 5.11 Å². The summed E-state index contributed by atoms with van der Waals surface area (Å²) < 4.78 is 0. The third-order valence-corrected chi connectivity index (χ3v) is 3.82. The molecule has 0 aliphatic heterocycles. The van der Waals surface area contributed by atoms with E-state index in [1.165, 1.54) is 44.9 Å². The molecule has 0 unspecified atom stereocenters. The first-order valence-corrected chi connectivity index (χ1v) is 8.92. The van der Waals surface area contributed by atoms with Gasteiger partial charge < -0.3 is 5.11 Å². The zero-order valence-electron chi connectivity index (χ0n) is 13.8. The van der Waals surface area contributed by atoms with Crippen molar-refractivity contribution in [2.75, 3.05) is 0 Å². The molecular formula is C19H31ClO. The molecule has 0 rings (SSSR count). The van der Waals surface area contributed by atoms with Crippen LogP contribution in [0, 0.1) is 23.7 Å². The molecule has 0 saturated heterocycles. The quantitative estimate of drug-likeness (QED) is 0.330. The molecule has 21 heavy (non-hydrogen) atoms. The molecule has 1 nitrogen and oxygen atoms in total. The van der Waals surface area contributed by atoms with E-state index in [9.17, 15) is 5.11 Å². The summed E-state index contributed by atoms with van der Waals surface area (Å²) in [7, 11) is 0. The second-order valence-electron chi connectivity index (χ2n) is 5.47. The molecule has 0 amide bonds. The fourth-order valence-electron chi connectivity index (χ4n) is 2.05. The van der Waals surface area contributed by atoms with Gasteiger partial charge in [0.05, 0.1) is 11.8 Å². The van der Waals surface area contributed by atoms with E-state index in [0.717, 1.165) is 19.3 Å². The van der Waals surface area contributed by atoms with Crippen molar-refractivity contribution in [2.45, 2.75) is 96.0 Å². The van der Waals surface area contributed by atoms with Crippen molar-refractivity contribution >= 4 is 11.6 Å². The Hall–Kier alpha value is -0.630. The van der Waals surface area contributed by atoms with Crippen molar-refractivity contribution in [1.82, 2.24) is 0 Å². The molecule has 0 aromatic carbocycles. The van der Waals surface area contributed by atoms with E-state index < -0.39 is 6.10 Å². The molecule has 0 spiro atoms. The number of halogens is 1. The smallest absolute Gasteiger partial charge is 0.131 e. The van der Waals surface area contributed by atoms with Crippen molar-refractivity contribution in [2.24, 2.45) is 0 Å². The Labute approximate surface area is 136 Å². The Morgan fingerprint density at radius 3 is 2.19 bits per heavy atom. The zero-order chi connectivity index (χ0) is 15.8. The van der Waals surface area contributed by atoms with Gasteiger partial charge in [-0.05, 0) is 12.8 Å². The summed E-state index contributed by atoms with van der Waals surface area (Å²) in [5, 5.41) is 9.40. The van der Waals surface area contributed by atoms with Crippen LogP contribution in [0.2, 0.25) is 0 Å². The Kier molecular flexibility index (Phi) is 15.3. The molecule has 0 heterocycles. The third-order valence-electron chi connectivity index (χ3n) is 3.36. The molecule has 0 fully saturated rings. The molecule has 0 aromatic heterocycles. The van der Waals surface area contributed by atoms with Gasteiger partial charge in [0.15, 0.2) is 0 Å². The average molecular weight is 311 g/mol. The first-order chi connectivity index (χ1) is 10.2. The first kappa shape index (κ1) is 20.4. The summed E-state index contributed by atoms with van der Waals surface area (Å²) in [4.78, 5) is 0. The number of aliphatic hydroxyl groups excluding tert-OH is 1. The molecule has 2 heteroatoms. The number of hydrogen-bond donors (Lipinski definition) is 1. The number of rotatable bonds is 10. The maximum absolute atomic E-state index is 9.66. The average Bonchev–Trinajstić information content (AvgIpc) is 2.48. The Balaban J connectivity index is 3.54. The number of hydrogen-bond acceptors (Lipinski definition) is 1. The summed E-state index contributed by atoms with van der Waals surface area (Å²) in [5.41, 5.74) is 0. The highest BCUT2D eigenvalue weighted by Crippen LogP contribution is 2.09. The normalized spacial score (nSPS) is 12.8. The lowest BCUT2D eigenvalue weighted by Gasteiger charge is -2.09. The number of aliphatic hydroxyl groups is 1. The van der Waals surface area contributed by atoms with Gasteiger partial charge in [0.2, 0.25) is 0 Å². The lowest BCUT2D eigenvalue weighted by molar-refractivity contribution is 0.222. The van der Waals surface area contributed by atoms with E-state index in [1.54, 1.807) is 0 Å². The van der Waals surface area contributed by atoms with Gasteiger partial charge >= 0.3 is 0 Å². The second kappa shape index (κ2) is 15.8. The van der Waals surface area contributed by atoms with Crippen molar-refractivity contribution in [3.8, 4) is 23.7 Å². The van der Waals surface area contributed by atoms with E-state index in [-0.39, 0.29) is 5.38 Å². The predicted molar refractivity (Wildman–Crippen MR) is 93.3 cm³/mol. The fourth-order valence-corrected chi connectivity index (χ4v) is 2.33. The third kappa shape index (κ3) is 14.1. The maximum atomic E-state index is 9.66. The first-order valence-electron chi connectivity index (χ1n) is 8.48. The minimum absolute atomic E-state index is 0.261. The predicted octanol–water partition coefficient (Wildman–Crippen LogP) is 5.29. The standard InChI is InChI=1S/C19H31ClO/c1-3-5-6-7-8-9-10-11-12-13-14-15-17-19(21)18(20)16-4-2/h18-19,21H,3-11,14,16H2,1-2H3/t18-,19+/m1/s1. The summed E-state index contributed by atoms with van der Waals surface area (Å²) in [6.45, 7) is 4.29. The minimum Gasteiger partial charge on any atom is -0.379 e. The van der Waals surface area contributed by atoms with Crippen LogP contribution < -0.4 is 0 Å². The zero-order valence-corrected chi connectivity index (χ0v) is 14.5. The van der Waals surface area contributed by atoms with Crippen LogP contribution in [0.25, 0.3) is 0 Å². The van der Waals surface area contributed by atoms with E-state index in [0.29, 0.717) is 6.42 Å². The summed E-state index contributed by atoms with van der Waals surface area (Å²) in [5.74, 6) is 11.9. The Bertz CT molecular complexity index is 342. The molecule has 0 aromatic rings.